The molecule has 0 radical (unpaired) electrons. The average Bonchev–Trinajstić information content (AvgIpc) is 2.47. The molecular weight excluding hydrogens is 268 g/mol. The first kappa shape index (κ1) is 13.5. The molecule has 0 amide bonds. The third-order valence-corrected chi connectivity index (χ3v) is 5.12. The number of para-hydroxylation sites is 1. The van der Waals surface area contributed by atoms with Crippen LogP contribution >= 0.6 is 11.8 Å². The third kappa shape index (κ3) is 2.68. The Morgan fingerprint density at radius 3 is 2.85 bits per heavy atom. The summed E-state index contributed by atoms with van der Waals surface area (Å²) in [5.41, 5.74) is 6.73. The molecule has 1 fully saturated rings. The van der Waals surface area contributed by atoms with Gasteiger partial charge in [0.15, 0.2) is 0 Å². The van der Waals surface area contributed by atoms with E-state index in [1.807, 2.05) is 36.0 Å². The highest BCUT2D eigenvalue weighted by Gasteiger charge is 2.25. The van der Waals surface area contributed by atoms with Gasteiger partial charge in [-0.05, 0) is 31.2 Å². The van der Waals surface area contributed by atoms with Crippen LogP contribution in [-0.4, -0.2) is 27.5 Å². The molecule has 0 spiro atoms. The highest BCUT2D eigenvalue weighted by molar-refractivity contribution is 7.99. The van der Waals surface area contributed by atoms with Crippen molar-refractivity contribution >= 4 is 34.4 Å². The molecular formula is C15H20N4S. The third-order valence-electron chi connectivity index (χ3n) is 3.95. The maximum absolute atomic E-state index is 5.83. The van der Waals surface area contributed by atoms with E-state index in [1.165, 1.54) is 25.7 Å². The fraction of sp³-hybridized carbons (Fsp3) is 0.467. The molecule has 4 nitrogen and oxygen atoms in total. The fourth-order valence-electron chi connectivity index (χ4n) is 2.92. The molecule has 1 aromatic carbocycles. The molecule has 2 aromatic rings. The molecule has 1 aliphatic carbocycles. The van der Waals surface area contributed by atoms with Gasteiger partial charge in [0.2, 0.25) is 5.95 Å². The number of anilines is 2. The van der Waals surface area contributed by atoms with E-state index >= 15 is 0 Å². The first-order chi connectivity index (χ1) is 9.78. The summed E-state index contributed by atoms with van der Waals surface area (Å²) >= 11 is 1.95. The number of nitrogen functional groups attached to an aromatic ring is 1. The fourth-order valence-corrected chi connectivity index (χ4v) is 3.86. The first-order valence-electron chi connectivity index (χ1n) is 7.09. The van der Waals surface area contributed by atoms with E-state index in [-0.39, 0.29) is 0 Å². The maximum Gasteiger partial charge on any atom is 0.222 e. The monoisotopic (exact) mass is 288 g/mol. The molecule has 0 bridgehead atoms. The van der Waals surface area contributed by atoms with Crippen molar-refractivity contribution in [1.29, 1.82) is 0 Å². The number of hydrogen-bond acceptors (Lipinski definition) is 5. The highest BCUT2D eigenvalue weighted by Crippen LogP contribution is 2.31. The lowest BCUT2D eigenvalue weighted by Gasteiger charge is -2.31. The van der Waals surface area contributed by atoms with Crippen molar-refractivity contribution < 1.29 is 0 Å². The van der Waals surface area contributed by atoms with Crippen LogP contribution in [0.15, 0.2) is 24.3 Å². The molecule has 0 aliphatic heterocycles. The van der Waals surface area contributed by atoms with E-state index in [2.05, 4.69) is 21.5 Å². The molecule has 2 atom stereocenters. The lowest BCUT2D eigenvalue weighted by atomic mass is 9.95. The predicted molar refractivity (Wildman–Crippen MR) is 87.1 cm³/mol. The quantitative estimate of drug-likeness (QED) is 0.907. The van der Waals surface area contributed by atoms with E-state index in [4.69, 9.17) is 5.73 Å². The Balaban J connectivity index is 1.93. The number of hydrogen-bond donors (Lipinski definition) is 2. The summed E-state index contributed by atoms with van der Waals surface area (Å²) in [5.74, 6) is 1.21. The SMILES string of the molecule is CSC1CCCCC1Nc1nc(N)nc2ccccc12. The molecule has 1 aliphatic rings. The lowest BCUT2D eigenvalue weighted by Crippen LogP contribution is -2.34. The van der Waals surface area contributed by atoms with Gasteiger partial charge in [-0.25, -0.2) is 4.98 Å². The van der Waals surface area contributed by atoms with Crippen LogP contribution in [0.1, 0.15) is 25.7 Å². The summed E-state index contributed by atoms with van der Waals surface area (Å²) in [5, 5.41) is 5.31. The van der Waals surface area contributed by atoms with Crippen LogP contribution in [0.5, 0.6) is 0 Å². The second-order valence-corrected chi connectivity index (χ2v) is 6.33. The number of rotatable bonds is 3. The average molecular weight is 288 g/mol. The van der Waals surface area contributed by atoms with E-state index in [0.717, 1.165) is 16.7 Å². The Morgan fingerprint density at radius 1 is 1.20 bits per heavy atom. The summed E-state index contributed by atoms with van der Waals surface area (Å²) in [6.07, 6.45) is 7.28. The van der Waals surface area contributed by atoms with Crippen molar-refractivity contribution in [2.75, 3.05) is 17.3 Å². The van der Waals surface area contributed by atoms with Crippen LogP contribution in [0, 0.1) is 0 Å². The van der Waals surface area contributed by atoms with Crippen molar-refractivity contribution in [1.82, 2.24) is 9.97 Å². The van der Waals surface area contributed by atoms with Crippen LogP contribution in [0.3, 0.4) is 0 Å². The van der Waals surface area contributed by atoms with Crippen molar-refractivity contribution in [2.24, 2.45) is 0 Å². The number of benzene rings is 1. The predicted octanol–water partition coefficient (Wildman–Crippen LogP) is 3.30. The van der Waals surface area contributed by atoms with Gasteiger partial charge in [-0.2, -0.15) is 16.7 Å². The highest BCUT2D eigenvalue weighted by atomic mass is 32.2. The summed E-state index contributed by atoms with van der Waals surface area (Å²) in [6.45, 7) is 0. The van der Waals surface area contributed by atoms with E-state index < -0.39 is 0 Å². The zero-order valence-corrected chi connectivity index (χ0v) is 12.5. The second kappa shape index (κ2) is 5.87. The minimum Gasteiger partial charge on any atom is -0.368 e. The van der Waals surface area contributed by atoms with Crippen LogP contribution in [0.2, 0.25) is 0 Å². The molecule has 3 rings (SSSR count). The Hall–Kier alpha value is -1.49. The summed E-state index contributed by atoms with van der Waals surface area (Å²) < 4.78 is 0. The molecule has 0 saturated heterocycles. The topological polar surface area (TPSA) is 63.8 Å². The van der Waals surface area contributed by atoms with Crippen LogP contribution in [0.25, 0.3) is 10.9 Å². The van der Waals surface area contributed by atoms with Gasteiger partial charge in [0.1, 0.15) is 5.82 Å². The van der Waals surface area contributed by atoms with Gasteiger partial charge in [-0.1, -0.05) is 25.0 Å². The molecule has 1 heterocycles. The standard InChI is InChI=1S/C15H20N4S/c1-20-13-9-5-4-8-12(13)17-14-10-6-2-3-7-11(10)18-15(16)19-14/h2-3,6-7,12-13H,4-5,8-9H2,1H3,(H3,16,17,18,19). The molecule has 5 heteroatoms. The van der Waals surface area contributed by atoms with Gasteiger partial charge in [0, 0.05) is 16.7 Å². The molecule has 106 valence electrons. The van der Waals surface area contributed by atoms with E-state index in [0.29, 0.717) is 17.2 Å². The van der Waals surface area contributed by atoms with E-state index in [9.17, 15) is 0 Å². The van der Waals surface area contributed by atoms with Gasteiger partial charge in [-0.15, -0.1) is 0 Å². The van der Waals surface area contributed by atoms with Crippen molar-refractivity contribution in [3.63, 3.8) is 0 Å². The van der Waals surface area contributed by atoms with Gasteiger partial charge in [0.25, 0.3) is 0 Å². The lowest BCUT2D eigenvalue weighted by molar-refractivity contribution is 0.474. The van der Waals surface area contributed by atoms with Crippen molar-refractivity contribution in [3.05, 3.63) is 24.3 Å². The minimum absolute atomic E-state index is 0.336. The van der Waals surface area contributed by atoms with Gasteiger partial charge >= 0.3 is 0 Å². The summed E-state index contributed by atoms with van der Waals surface area (Å²) in [7, 11) is 0. The zero-order valence-electron chi connectivity index (χ0n) is 11.7. The smallest absolute Gasteiger partial charge is 0.222 e. The number of nitrogens with zero attached hydrogens (tertiary/aromatic N) is 2. The Bertz CT molecular complexity index is 601. The minimum atomic E-state index is 0.336. The first-order valence-corrected chi connectivity index (χ1v) is 8.38. The zero-order chi connectivity index (χ0) is 13.9. The Morgan fingerprint density at radius 2 is 2.00 bits per heavy atom. The number of aromatic nitrogens is 2. The van der Waals surface area contributed by atoms with E-state index in [1.54, 1.807) is 0 Å². The molecule has 3 N–H and O–H groups in total. The van der Waals surface area contributed by atoms with Crippen LogP contribution in [-0.2, 0) is 0 Å². The molecule has 20 heavy (non-hydrogen) atoms. The van der Waals surface area contributed by atoms with Gasteiger partial charge in [0.05, 0.1) is 5.52 Å². The Labute approximate surface area is 123 Å². The number of nitrogens with one attached hydrogen (secondary N) is 1. The largest absolute Gasteiger partial charge is 0.368 e. The number of thioether (sulfide) groups is 1. The molecule has 2 unspecified atom stereocenters. The number of nitrogens with two attached hydrogens (primary N) is 1. The maximum atomic E-state index is 5.83. The van der Waals surface area contributed by atoms with Crippen LogP contribution in [0.4, 0.5) is 11.8 Å². The molecule has 1 saturated carbocycles. The van der Waals surface area contributed by atoms with Gasteiger partial charge < -0.3 is 11.1 Å². The van der Waals surface area contributed by atoms with Crippen LogP contribution < -0.4 is 11.1 Å². The second-order valence-electron chi connectivity index (χ2n) is 5.26. The van der Waals surface area contributed by atoms with Crippen molar-refractivity contribution in [2.45, 2.75) is 37.0 Å². The number of fused-ring (bicyclic) bond motifs is 1. The summed E-state index contributed by atoms with van der Waals surface area (Å²) in [6, 6.07) is 8.49. The molecule has 1 aromatic heterocycles. The Kier molecular flexibility index (Phi) is 3.96. The summed E-state index contributed by atoms with van der Waals surface area (Å²) in [4.78, 5) is 8.70. The van der Waals surface area contributed by atoms with Gasteiger partial charge in [-0.3, -0.25) is 0 Å². The normalized spacial score (nSPS) is 22.9. The van der Waals surface area contributed by atoms with Crippen molar-refractivity contribution in [3.8, 4) is 0 Å².